The van der Waals surface area contributed by atoms with Crippen molar-refractivity contribution in [3.8, 4) is 0 Å². The van der Waals surface area contributed by atoms with Crippen molar-refractivity contribution in [2.24, 2.45) is 5.92 Å². The standard InChI is InChI=1S/C14H17NO4S/c1-10(14(18)19-2)8-20-9-12(16)15-13(17)11-6-4-3-5-7-11/h3-7,10H,8-9H2,1-2H3,(H,15,16,17). The van der Waals surface area contributed by atoms with Gasteiger partial charge in [-0.05, 0) is 12.1 Å². The molecule has 0 aliphatic heterocycles. The summed E-state index contributed by atoms with van der Waals surface area (Å²) in [6.45, 7) is 1.73. The molecule has 1 unspecified atom stereocenters. The van der Waals surface area contributed by atoms with Crippen LogP contribution in [0.25, 0.3) is 0 Å². The molecule has 108 valence electrons. The molecule has 1 rings (SSSR count). The van der Waals surface area contributed by atoms with Gasteiger partial charge in [0.05, 0.1) is 18.8 Å². The van der Waals surface area contributed by atoms with Gasteiger partial charge in [-0.15, -0.1) is 0 Å². The minimum atomic E-state index is -0.419. The van der Waals surface area contributed by atoms with Crippen LogP contribution in [-0.4, -0.2) is 36.4 Å². The van der Waals surface area contributed by atoms with E-state index in [0.717, 1.165) is 0 Å². The summed E-state index contributed by atoms with van der Waals surface area (Å²) in [5.41, 5.74) is 0.439. The van der Waals surface area contributed by atoms with E-state index in [0.29, 0.717) is 11.3 Å². The molecule has 1 atom stereocenters. The lowest BCUT2D eigenvalue weighted by Crippen LogP contribution is -2.32. The summed E-state index contributed by atoms with van der Waals surface area (Å²) in [7, 11) is 1.33. The fraction of sp³-hybridized carbons (Fsp3) is 0.357. The second-order valence-corrected chi connectivity index (χ2v) is 5.21. The lowest BCUT2D eigenvalue weighted by Gasteiger charge is -2.08. The highest BCUT2D eigenvalue weighted by Crippen LogP contribution is 2.09. The summed E-state index contributed by atoms with van der Waals surface area (Å²) < 4.78 is 4.58. The first-order valence-electron chi connectivity index (χ1n) is 6.09. The maximum absolute atomic E-state index is 11.7. The van der Waals surface area contributed by atoms with Gasteiger partial charge in [0, 0.05) is 11.3 Å². The van der Waals surface area contributed by atoms with Crippen LogP contribution in [0.4, 0.5) is 0 Å². The number of ether oxygens (including phenoxy) is 1. The van der Waals surface area contributed by atoms with E-state index < -0.39 is 5.91 Å². The molecular formula is C14H17NO4S. The van der Waals surface area contributed by atoms with Crippen LogP contribution < -0.4 is 5.32 Å². The normalized spacial score (nSPS) is 11.5. The van der Waals surface area contributed by atoms with E-state index in [9.17, 15) is 14.4 Å². The Morgan fingerprint density at radius 2 is 1.90 bits per heavy atom. The summed E-state index contributed by atoms with van der Waals surface area (Å²) in [5, 5.41) is 2.30. The third kappa shape index (κ3) is 5.44. The first-order valence-corrected chi connectivity index (χ1v) is 7.25. The van der Waals surface area contributed by atoms with E-state index in [1.165, 1.54) is 18.9 Å². The Hall–Kier alpha value is -1.82. The number of methoxy groups -OCH3 is 1. The quantitative estimate of drug-likeness (QED) is 0.805. The molecule has 1 aromatic carbocycles. The zero-order valence-electron chi connectivity index (χ0n) is 11.4. The minimum absolute atomic E-state index is 0.125. The van der Waals surface area contributed by atoms with Gasteiger partial charge in [0.2, 0.25) is 5.91 Å². The van der Waals surface area contributed by atoms with Crippen LogP contribution in [0, 0.1) is 5.92 Å². The smallest absolute Gasteiger partial charge is 0.309 e. The molecule has 1 N–H and O–H groups in total. The van der Waals surface area contributed by atoms with Gasteiger partial charge in [0.1, 0.15) is 0 Å². The van der Waals surface area contributed by atoms with Crippen molar-refractivity contribution >= 4 is 29.5 Å². The number of nitrogens with one attached hydrogen (secondary N) is 1. The number of rotatable bonds is 6. The van der Waals surface area contributed by atoms with Crippen molar-refractivity contribution in [3.05, 3.63) is 35.9 Å². The van der Waals surface area contributed by atoms with Gasteiger partial charge in [0.25, 0.3) is 5.91 Å². The second-order valence-electron chi connectivity index (χ2n) is 4.18. The molecule has 0 aliphatic carbocycles. The molecule has 0 aromatic heterocycles. The molecule has 6 heteroatoms. The highest BCUT2D eigenvalue weighted by atomic mass is 32.2. The molecule has 1 aromatic rings. The Kier molecular flexibility index (Phi) is 6.79. The number of esters is 1. The molecule has 20 heavy (non-hydrogen) atoms. The number of carbonyl (C=O) groups excluding carboxylic acids is 3. The zero-order valence-corrected chi connectivity index (χ0v) is 12.2. The van der Waals surface area contributed by atoms with Gasteiger partial charge in [-0.3, -0.25) is 19.7 Å². The van der Waals surface area contributed by atoms with Crippen molar-refractivity contribution in [1.29, 1.82) is 0 Å². The van der Waals surface area contributed by atoms with Crippen molar-refractivity contribution in [2.75, 3.05) is 18.6 Å². The summed E-state index contributed by atoms with van der Waals surface area (Å²) in [5.74, 6) is -0.779. The average molecular weight is 295 g/mol. The molecule has 2 amide bonds. The van der Waals surface area contributed by atoms with Crippen molar-refractivity contribution in [1.82, 2.24) is 5.32 Å². The fourth-order valence-electron chi connectivity index (χ4n) is 1.42. The van der Waals surface area contributed by atoms with E-state index in [1.807, 2.05) is 0 Å². The molecule has 0 saturated carbocycles. The molecule has 0 bridgehead atoms. The van der Waals surface area contributed by atoms with Crippen molar-refractivity contribution in [3.63, 3.8) is 0 Å². The molecule has 0 radical (unpaired) electrons. The molecule has 0 fully saturated rings. The predicted octanol–water partition coefficient (Wildman–Crippen LogP) is 1.49. The summed E-state index contributed by atoms with van der Waals surface area (Å²) in [6, 6.07) is 8.52. The van der Waals surface area contributed by atoms with Gasteiger partial charge in [-0.2, -0.15) is 11.8 Å². The molecule has 0 aliphatic rings. The Morgan fingerprint density at radius 3 is 2.50 bits per heavy atom. The maximum atomic E-state index is 11.7. The SMILES string of the molecule is COC(=O)C(C)CSCC(=O)NC(=O)c1ccccc1. The van der Waals surface area contributed by atoms with E-state index in [4.69, 9.17) is 0 Å². The number of benzene rings is 1. The molecular weight excluding hydrogens is 278 g/mol. The van der Waals surface area contributed by atoms with Crippen LogP contribution in [0.3, 0.4) is 0 Å². The number of thioether (sulfide) groups is 1. The van der Waals surface area contributed by atoms with E-state index in [2.05, 4.69) is 10.1 Å². The minimum Gasteiger partial charge on any atom is -0.469 e. The number of hydrogen-bond donors (Lipinski definition) is 1. The van der Waals surface area contributed by atoms with Crippen LogP contribution in [0.2, 0.25) is 0 Å². The number of carbonyl (C=O) groups is 3. The van der Waals surface area contributed by atoms with Crippen LogP contribution in [-0.2, 0) is 14.3 Å². The number of amides is 2. The summed E-state index contributed by atoms with van der Waals surface area (Å²) in [6.07, 6.45) is 0. The van der Waals surface area contributed by atoms with Gasteiger partial charge in [0.15, 0.2) is 0 Å². The van der Waals surface area contributed by atoms with E-state index >= 15 is 0 Å². The van der Waals surface area contributed by atoms with E-state index in [1.54, 1.807) is 37.3 Å². The molecule has 0 spiro atoms. The second kappa shape index (κ2) is 8.37. The molecule has 0 heterocycles. The Bertz CT molecular complexity index is 475. The monoisotopic (exact) mass is 295 g/mol. The fourth-order valence-corrected chi connectivity index (χ4v) is 2.29. The third-order valence-electron chi connectivity index (χ3n) is 2.49. The molecule has 0 saturated heterocycles. The van der Waals surface area contributed by atoms with Gasteiger partial charge < -0.3 is 4.74 Å². The Balaban J connectivity index is 2.31. The van der Waals surface area contributed by atoms with Crippen LogP contribution >= 0.6 is 11.8 Å². The zero-order chi connectivity index (χ0) is 15.0. The summed E-state index contributed by atoms with van der Waals surface area (Å²) in [4.78, 5) is 34.4. The van der Waals surface area contributed by atoms with Crippen LogP contribution in [0.1, 0.15) is 17.3 Å². The van der Waals surface area contributed by atoms with Crippen LogP contribution in [0.5, 0.6) is 0 Å². The summed E-state index contributed by atoms with van der Waals surface area (Å²) >= 11 is 1.29. The van der Waals surface area contributed by atoms with E-state index in [-0.39, 0.29) is 23.5 Å². The predicted molar refractivity (Wildman–Crippen MR) is 77.4 cm³/mol. The lowest BCUT2D eigenvalue weighted by atomic mass is 10.2. The van der Waals surface area contributed by atoms with Gasteiger partial charge in [-0.1, -0.05) is 25.1 Å². The van der Waals surface area contributed by atoms with Crippen LogP contribution in [0.15, 0.2) is 30.3 Å². The number of imide groups is 1. The van der Waals surface area contributed by atoms with Gasteiger partial charge in [-0.25, -0.2) is 0 Å². The van der Waals surface area contributed by atoms with Crippen molar-refractivity contribution in [2.45, 2.75) is 6.92 Å². The highest BCUT2D eigenvalue weighted by molar-refractivity contribution is 7.99. The van der Waals surface area contributed by atoms with Gasteiger partial charge >= 0.3 is 5.97 Å². The number of hydrogen-bond acceptors (Lipinski definition) is 5. The lowest BCUT2D eigenvalue weighted by molar-refractivity contribution is -0.144. The Morgan fingerprint density at radius 1 is 1.25 bits per heavy atom. The average Bonchev–Trinajstić information content (AvgIpc) is 2.47. The first-order chi connectivity index (χ1) is 9.54. The first kappa shape index (κ1) is 16.2. The molecule has 5 nitrogen and oxygen atoms in total. The highest BCUT2D eigenvalue weighted by Gasteiger charge is 2.15. The van der Waals surface area contributed by atoms with Crippen molar-refractivity contribution < 1.29 is 19.1 Å². The Labute approximate surface area is 122 Å². The largest absolute Gasteiger partial charge is 0.469 e. The topological polar surface area (TPSA) is 72.5 Å². The maximum Gasteiger partial charge on any atom is 0.309 e. The third-order valence-corrected chi connectivity index (χ3v) is 3.70.